The van der Waals surface area contributed by atoms with E-state index in [2.05, 4.69) is 17.6 Å². The summed E-state index contributed by atoms with van der Waals surface area (Å²) >= 11 is 0. The molecule has 2 N–H and O–H groups in total. The molecular formula is C15H27ClN2O. The van der Waals surface area contributed by atoms with E-state index in [4.69, 9.17) is 0 Å². The van der Waals surface area contributed by atoms with Gasteiger partial charge in [-0.1, -0.05) is 19.3 Å². The quantitative estimate of drug-likeness (QED) is 0.819. The lowest BCUT2D eigenvalue weighted by Gasteiger charge is -2.28. The molecule has 0 radical (unpaired) electrons. The zero-order valence-corrected chi connectivity index (χ0v) is 12.7. The van der Waals surface area contributed by atoms with Crippen LogP contribution in [0.3, 0.4) is 0 Å². The fourth-order valence-corrected chi connectivity index (χ4v) is 4.02. The van der Waals surface area contributed by atoms with E-state index in [-0.39, 0.29) is 18.3 Å². The van der Waals surface area contributed by atoms with Gasteiger partial charge in [0.05, 0.1) is 0 Å². The van der Waals surface area contributed by atoms with Crippen molar-refractivity contribution < 1.29 is 4.79 Å². The SMILES string of the molecule is C[C@H]1C[C@@H](C(=O)NC2CC23CCCCC3)CCN1.Cl. The van der Waals surface area contributed by atoms with E-state index in [1.54, 1.807) is 0 Å². The lowest BCUT2D eigenvalue weighted by molar-refractivity contribution is -0.126. The first-order valence-corrected chi connectivity index (χ1v) is 7.73. The van der Waals surface area contributed by atoms with Crippen molar-refractivity contribution in [3.05, 3.63) is 0 Å². The Hall–Kier alpha value is -0.280. The van der Waals surface area contributed by atoms with Crippen LogP contribution in [-0.2, 0) is 4.79 Å². The van der Waals surface area contributed by atoms with Crippen molar-refractivity contribution in [2.75, 3.05) is 6.54 Å². The Labute approximate surface area is 122 Å². The highest BCUT2D eigenvalue weighted by molar-refractivity contribution is 5.85. The van der Waals surface area contributed by atoms with Crippen LogP contribution < -0.4 is 10.6 Å². The Morgan fingerprint density at radius 1 is 1.26 bits per heavy atom. The third-order valence-electron chi connectivity index (χ3n) is 5.35. The lowest BCUT2D eigenvalue weighted by atomic mass is 9.85. The van der Waals surface area contributed by atoms with Gasteiger partial charge in [0.1, 0.15) is 0 Å². The summed E-state index contributed by atoms with van der Waals surface area (Å²) in [6.07, 6.45) is 10.1. The van der Waals surface area contributed by atoms with Gasteiger partial charge in [-0.25, -0.2) is 0 Å². The van der Waals surface area contributed by atoms with Crippen LogP contribution in [0.25, 0.3) is 0 Å². The standard InChI is InChI=1S/C15H26N2O.ClH/c1-11-9-12(5-8-16-11)14(18)17-13-10-15(13)6-3-2-4-7-15;/h11-13,16H,2-10H2,1H3,(H,17,18);1H/t11-,12-,13?;/m0./s1. The van der Waals surface area contributed by atoms with Crippen LogP contribution in [0.15, 0.2) is 0 Å². The van der Waals surface area contributed by atoms with Gasteiger partial charge < -0.3 is 10.6 Å². The minimum absolute atomic E-state index is 0. The summed E-state index contributed by atoms with van der Waals surface area (Å²) in [6, 6.07) is 1.01. The number of carbonyl (C=O) groups excluding carboxylic acids is 1. The van der Waals surface area contributed by atoms with Crippen LogP contribution in [0.5, 0.6) is 0 Å². The van der Waals surface area contributed by atoms with E-state index in [1.165, 1.54) is 38.5 Å². The van der Waals surface area contributed by atoms with Crippen LogP contribution >= 0.6 is 12.4 Å². The third kappa shape index (κ3) is 3.25. The number of piperidine rings is 1. The fraction of sp³-hybridized carbons (Fsp3) is 0.933. The number of nitrogens with one attached hydrogen (secondary N) is 2. The Morgan fingerprint density at radius 3 is 2.68 bits per heavy atom. The molecule has 2 saturated carbocycles. The zero-order valence-electron chi connectivity index (χ0n) is 11.9. The monoisotopic (exact) mass is 286 g/mol. The smallest absolute Gasteiger partial charge is 0.223 e. The lowest BCUT2D eigenvalue weighted by Crippen LogP contribution is -2.43. The van der Waals surface area contributed by atoms with E-state index in [0.29, 0.717) is 23.4 Å². The molecule has 3 aliphatic rings. The highest BCUT2D eigenvalue weighted by atomic mass is 35.5. The molecule has 1 amide bonds. The third-order valence-corrected chi connectivity index (χ3v) is 5.35. The van der Waals surface area contributed by atoms with Crippen LogP contribution in [0.1, 0.15) is 58.3 Å². The summed E-state index contributed by atoms with van der Waals surface area (Å²) in [5, 5.41) is 6.75. The summed E-state index contributed by atoms with van der Waals surface area (Å²) < 4.78 is 0. The first-order valence-electron chi connectivity index (χ1n) is 7.73. The molecule has 0 bridgehead atoms. The molecule has 1 heterocycles. The first kappa shape index (κ1) is 15.1. The second-order valence-corrected chi connectivity index (χ2v) is 6.76. The van der Waals surface area contributed by atoms with Gasteiger partial charge in [-0.05, 0) is 51.0 Å². The molecule has 4 heteroatoms. The number of carbonyl (C=O) groups is 1. The molecule has 0 aromatic carbocycles. The van der Waals surface area contributed by atoms with Crippen molar-refractivity contribution in [3.8, 4) is 0 Å². The van der Waals surface area contributed by atoms with Crippen LogP contribution in [0.4, 0.5) is 0 Å². The van der Waals surface area contributed by atoms with Gasteiger partial charge in [0.2, 0.25) is 5.91 Å². The highest BCUT2D eigenvalue weighted by Crippen LogP contribution is 2.56. The maximum absolute atomic E-state index is 12.3. The van der Waals surface area contributed by atoms with Gasteiger partial charge in [-0.15, -0.1) is 12.4 Å². The molecule has 3 nitrogen and oxygen atoms in total. The molecule has 110 valence electrons. The molecule has 3 fully saturated rings. The van der Waals surface area contributed by atoms with Crippen molar-refractivity contribution in [1.82, 2.24) is 10.6 Å². The van der Waals surface area contributed by atoms with E-state index in [9.17, 15) is 4.79 Å². The number of hydrogen-bond acceptors (Lipinski definition) is 2. The normalized spacial score (nSPS) is 36.4. The second kappa shape index (κ2) is 6.01. The second-order valence-electron chi connectivity index (χ2n) is 6.76. The summed E-state index contributed by atoms with van der Waals surface area (Å²) in [5.41, 5.74) is 0.520. The Kier molecular flexibility index (Phi) is 4.78. The summed E-state index contributed by atoms with van der Waals surface area (Å²) in [7, 11) is 0. The molecule has 1 spiro atoms. The fourth-order valence-electron chi connectivity index (χ4n) is 4.02. The number of halogens is 1. The minimum atomic E-state index is 0. The van der Waals surface area contributed by atoms with Crippen LogP contribution in [0.2, 0.25) is 0 Å². The topological polar surface area (TPSA) is 41.1 Å². The van der Waals surface area contributed by atoms with Gasteiger partial charge >= 0.3 is 0 Å². The van der Waals surface area contributed by atoms with Gasteiger partial charge in [-0.3, -0.25) is 4.79 Å². The van der Waals surface area contributed by atoms with Crippen molar-refractivity contribution >= 4 is 18.3 Å². The van der Waals surface area contributed by atoms with E-state index >= 15 is 0 Å². The van der Waals surface area contributed by atoms with Gasteiger partial charge in [0.15, 0.2) is 0 Å². The first-order chi connectivity index (χ1) is 8.70. The van der Waals surface area contributed by atoms with Crippen LogP contribution in [0, 0.1) is 11.3 Å². The molecule has 1 aliphatic heterocycles. The molecule has 3 atom stereocenters. The van der Waals surface area contributed by atoms with Crippen molar-refractivity contribution in [2.45, 2.75) is 70.4 Å². The van der Waals surface area contributed by atoms with Gasteiger partial charge in [0, 0.05) is 18.0 Å². The van der Waals surface area contributed by atoms with Crippen molar-refractivity contribution in [1.29, 1.82) is 0 Å². The predicted octanol–water partition coefficient (Wildman–Crippen LogP) is 2.64. The summed E-state index contributed by atoms with van der Waals surface area (Å²) in [4.78, 5) is 12.3. The maximum atomic E-state index is 12.3. The number of rotatable bonds is 2. The van der Waals surface area contributed by atoms with E-state index in [1.807, 2.05) is 0 Å². The Bertz CT molecular complexity index is 328. The average Bonchev–Trinajstić information content (AvgIpc) is 3.02. The van der Waals surface area contributed by atoms with Crippen LogP contribution in [-0.4, -0.2) is 24.5 Å². The average molecular weight is 287 g/mol. The van der Waals surface area contributed by atoms with Gasteiger partial charge in [-0.2, -0.15) is 0 Å². The summed E-state index contributed by atoms with van der Waals surface area (Å²) in [5.74, 6) is 0.582. The molecule has 1 unspecified atom stereocenters. The largest absolute Gasteiger partial charge is 0.353 e. The summed E-state index contributed by atoms with van der Waals surface area (Å²) in [6.45, 7) is 3.17. The molecule has 19 heavy (non-hydrogen) atoms. The Balaban J connectivity index is 0.00000133. The number of amides is 1. The molecule has 3 rings (SSSR count). The molecule has 1 saturated heterocycles. The predicted molar refractivity (Wildman–Crippen MR) is 79.5 cm³/mol. The van der Waals surface area contributed by atoms with E-state index in [0.717, 1.165) is 19.4 Å². The minimum Gasteiger partial charge on any atom is -0.353 e. The number of hydrogen-bond donors (Lipinski definition) is 2. The molecule has 0 aromatic heterocycles. The van der Waals surface area contributed by atoms with Crippen molar-refractivity contribution in [2.24, 2.45) is 11.3 Å². The van der Waals surface area contributed by atoms with E-state index < -0.39 is 0 Å². The Morgan fingerprint density at radius 2 is 2.00 bits per heavy atom. The highest BCUT2D eigenvalue weighted by Gasteiger charge is 2.54. The van der Waals surface area contributed by atoms with Crippen molar-refractivity contribution in [3.63, 3.8) is 0 Å². The maximum Gasteiger partial charge on any atom is 0.223 e. The molecule has 2 aliphatic carbocycles. The zero-order chi connectivity index (χ0) is 12.6. The molecule has 0 aromatic rings. The molecular weight excluding hydrogens is 260 g/mol. The van der Waals surface area contributed by atoms with Gasteiger partial charge in [0.25, 0.3) is 0 Å².